The summed E-state index contributed by atoms with van der Waals surface area (Å²) in [4.78, 5) is 24.8. The first-order valence-corrected chi connectivity index (χ1v) is 9.26. The van der Waals surface area contributed by atoms with Crippen LogP contribution in [0.15, 0.2) is 48.5 Å². The van der Waals surface area contributed by atoms with E-state index < -0.39 is 5.97 Å². The van der Waals surface area contributed by atoms with E-state index in [4.69, 9.17) is 14.2 Å². The number of esters is 1. The second-order valence-electron chi connectivity index (χ2n) is 6.13. The Kier molecular flexibility index (Phi) is 4.68. The van der Waals surface area contributed by atoms with Crippen LogP contribution in [0.3, 0.4) is 0 Å². The minimum absolute atomic E-state index is 0.202. The highest BCUT2D eigenvalue weighted by molar-refractivity contribution is 7.20. The molecule has 1 aromatic heterocycles. The van der Waals surface area contributed by atoms with Crippen LogP contribution in [0.4, 0.5) is 0 Å². The van der Waals surface area contributed by atoms with Gasteiger partial charge in [0, 0.05) is 4.70 Å². The summed E-state index contributed by atoms with van der Waals surface area (Å²) < 4.78 is 16.8. The average molecular weight is 383 g/mol. The van der Waals surface area contributed by atoms with Crippen LogP contribution in [-0.4, -0.2) is 25.3 Å². The third-order valence-electron chi connectivity index (χ3n) is 4.24. The Hall–Kier alpha value is -3.06. The number of nitrogens with one attached hydrogen (secondary N) is 1. The molecule has 2 heterocycles. The Bertz CT molecular complexity index is 980. The first-order valence-electron chi connectivity index (χ1n) is 8.45. The minimum Gasteiger partial charge on any atom is -0.454 e. The van der Waals surface area contributed by atoms with E-state index in [9.17, 15) is 9.59 Å². The highest BCUT2D eigenvalue weighted by Crippen LogP contribution is 2.34. The fourth-order valence-corrected chi connectivity index (χ4v) is 3.79. The van der Waals surface area contributed by atoms with Crippen molar-refractivity contribution < 1.29 is 23.8 Å². The third kappa shape index (κ3) is 3.73. The summed E-state index contributed by atoms with van der Waals surface area (Å²) in [5.74, 6) is 0.482. The van der Waals surface area contributed by atoms with E-state index in [-0.39, 0.29) is 25.3 Å². The van der Waals surface area contributed by atoms with Crippen molar-refractivity contribution in [1.82, 2.24) is 5.32 Å². The molecule has 138 valence electrons. The fraction of sp³-hybridized carbons (Fsp3) is 0.200. The number of amides is 1. The first kappa shape index (κ1) is 17.4. The SMILES string of the molecule is C[C@@H](NC(=O)COC(=O)c1cc2ccccc2s1)c1ccc2c(c1)OCO2. The summed E-state index contributed by atoms with van der Waals surface area (Å²) in [7, 11) is 0. The number of hydrogen-bond acceptors (Lipinski definition) is 6. The molecule has 1 atom stereocenters. The van der Waals surface area contributed by atoms with Crippen molar-refractivity contribution in [3.8, 4) is 11.5 Å². The van der Waals surface area contributed by atoms with Gasteiger partial charge >= 0.3 is 5.97 Å². The van der Waals surface area contributed by atoms with Crippen LogP contribution in [0.2, 0.25) is 0 Å². The number of carbonyl (C=O) groups excluding carboxylic acids is 2. The molecule has 0 saturated heterocycles. The molecular formula is C20H17NO5S. The molecule has 0 bridgehead atoms. The number of ether oxygens (including phenoxy) is 3. The van der Waals surface area contributed by atoms with E-state index in [0.717, 1.165) is 15.6 Å². The zero-order valence-electron chi connectivity index (χ0n) is 14.6. The van der Waals surface area contributed by atoms with Gasteiger partial charge in [0.25, 0.3) is 5.91 Å². The van der Waals surface area contributed by atoms with Gasteiger partial charge in [-0.25, -0.2) is 4.79 Å². The lowest BCUT2D eigenvalue weighted by Gasteiger charge is -2.14. The second kappa shape index (κ2) is 7.28. The van der Waals surface area contributed by atoms with Gasteiger partial charge in [-0.3, -0.25) is 4.79 Å². The summed E-state index contributed by atoms with van der Waals surface area (Å²) in [6.07, 6.45) is 0. The Morgan fingerprint density at radius 2 is 1.96 bits per heavy atom. The van der Waals surface area contributed by atoms with Crippen LogP contribution in [0.25, 0.3) is 10.1 Å². The zero-order valence-corrected chi connectivity index (χ0v) is 15.4. The maximum absolute atomic E-state index is 12.2. The summed E-state index contributed by atoms with van der Waals surface area (Å²) in [6.45, 7) is 1.72. The van der Waals surface area contributed by atoms with Crippen LogP contribution in [0, 0.1) is 0 Å². The second-order valence-corrected chi connectivity index (χ2v) is 7.21. The van der Waals surface area contributed by atoms with Crippen molar-refractivity contribution in [3.63, 3.8) is 0 Å². The smallest absolute Gasteiger partial charge is 0.348 e. The number of thiophene rings is 1. The molecule has 1 aliphatic rings. The molecule has 2 aromatic carbocycles. The van der Waals surface area contributed by atoms with Gasteiger partial charge in [0.15, 0.2) is 18.1 Å². The highest BCUT2D eigenvalue weighted by Gasteiger charge is 2.18. The molecule has 0 unspecified atom stereocenters. The maximum atomic E-state index is 12.2. The van der Waals surface area contributed by atoms with Crippen molar-refractivity contribution >= 4 is 33.3 Å². The maximum Gasteiger partial charge on any atom is 0.348 e. The lowest BCUT2D eigenvalue weighted by molar-refractivity contribution is -0.124. The summed E-state index contributed by atoms with van der Waals surface area (Å²) in [6, 6.07) is 14.7. The molecule has 4 rings (SSSR count). The molecule has 6 nitrogen and oxygen atoms in total. The third-order valence-corrected chi connectivity index (χ3v) is 5.33. The molecule has 27 heavy (non-hydrogen) atoms. The van der Waals surface area contributed by atoms with E-state index in [1.807, 2.05) is 49.4 Å². The van der Waals surface area contributed by atoms with Gasteiger partial charge in [-0.05, 0) is 42.1 Å². The molecule has 1 N–H and O–H groups in total. The van der Waals surface area contributed by atoms with Gasteiger partial charge in [-0.15, -0.1) is 11.3 Å². The van der Waals surface area contributed by atoms with Crippen LogP contribution >= 0.6 is 11.3 Å². The molecule has 3 aromatic rings. The predicted octanol–water partition coefficient (Wildman–Crippen LogP) is 3.66. The van der Waals surface area contributed by atoms with Crippen molar-refractivity contribution in [1.29, 1.82) is 0 Å². The molecule has 1 amide bonds. The molecule has 0 spiro atoms. The number of fused-ring (bicyclic) bond motifs is 2. The van der Waals surface area contributed by atoms with Gasteiger partial charge in [-0.2, -0.15) is 0 Å². The van der Waals surface area contributed by atoms with Crippen LogP contribution in [-0.2, 0) is 9.53 Å². The monoisotopic (exact) mass is 383 g/mol. The fourth-order valence-electron chi connectivity index (χ4n) is 2.83. The van der Waals surface area contributed by atoms with E-state index in [1.54, 1.807) is 6.07 Å². The molecule has 0 fully saturated rings. The minimum atomic E-state index is -0.498. The van der Waals surface area contributed by atoms with E-state index in [1.165, 1.54) is 11.3 Å². The van der Waals surface area contributed by atoms with Gasteiger partial charge in [0.2, 0.25) is 6.79 Å². The number of rotatable bonds is 5. The quantitative estimate of drug-likeness (QED) is 0.681. The Morgan fingerprint density at radius 3 is 2.81 bits per heavy atom. The Morgan fingerprint density at radius 1 is 1.15 bits per heavy atom. The number of benzene rings is 2. The van der Waals surface area contributed by atoms with Crippen molar-refractivity contribution in [2.75, 3.05) is 13.4 Å². The van der Waals surface area contributed by atoms with Crippen LogP contribution in [0.5, 0.6) is 11.5 Å². The van der Waals surface area contributed by atoms with Gasteiger partial charge in [0.1, 0.15) is 4.88 Å². The van der Waals surface area contributed by atoms with Crippen molar-refractivity contribution in [2.45, 2.75) is 13.0 Å². The Labute approximate surface area is 159 Å². The lowest BCUT2D eigenvalue weighted by Crippen LogP contribution is -2.31. The van der Waals surface area contributed by atoms with E-state index >= 15 is 0 Å². The van der Waals surface area contributed by atoms with E-state index in [0.29, 0.717) is 16.4 Å². The number of hydrogen-bond donors (Lipinski definition) is 1. The first-order chi connectivity index (χ1) is 13.1. The van der Waals surface area contributed by atoms with Gasteiger partial charge in [0.05, 0.1) is 6.04 Å². The zero-order chi connectivity index (χ0) is 18.8. The average Bonchev–Trinajstić information content (AvgIpc) is 3.31. The van der Waals surface area contributed by atoms with Crippen molar-refractivity contribution in [2.24, 2.45) is 0 Å². The lowest BCUT2D eigenvalue weighted by atomic mass is 10.1. The normalized spacial score (nSPS) is 13.4. The van der Waals surface area contributed by atoms with Gasteiger partial charge < -0.3 is 19.5 Å². The summed E-state index contributed by atoms with van der Waals surface area (Å²) in [5.41, 5.74) is 0.878. The highest BCUT2D eigenvalue weighted by atomic mass is 32.1. The Balaban J connectivity index is 1.33. The standard InChI is InChI=1S/C20H17NO5S/c1-12(13-6-7-15-16(8-13)26-11-25-15)21-19(22)10-24-20(23)18-9-14-4-2-3-5-17(14)27-18/h2-9,12H,10-11H2,1H3,(H,21,22)/t12-/m1/s1. The van der Waals surface area contributed by atoms with Crippen molar-refractivity contribution in [3.05, 3.63) is 59.0 Å². The largest absolute Gasteiger partial charge is 0.454 e. The molecule has 7 heteroatoms. The van der Waals surface area contributed by atoms with Crippen LogP contribution in [0.1, 0.15) is 28.2 Å². The topological polar surface area (TPSA) is 73.9 Å². The molecular weight excluding hydrogens is 366 g/mol. The molecule has 0 radical (unpaired) electrons. The molecule has 0 aliphatic carbocycles. The number of carbonyl (C=O) groups is 2. The molecule has 0 saturated carbocycles. The summed E-state index contributed by atoms with van der Waals surface area (Å²) >= 11 is 1.35. The van der Waals surface area contributed by atoms with Gasteiger partial charge in [-0.1, -0.05) is 24.3 Å². The van der Waals surface area contributed by atoms with Crippen LogP contribution < -0.4 is 14.8 Å². The van der Waals surface area contributed by atoms with E-state index in [2.05, 4.69) is 5.32 Å². The summed E-state index contributed by atoms with van der Waals surface area (Å²) in [5, 5.41) is 3.79. The molecule has 1 aliphatic heterocycles. The predicted molar refractivity (Wildman–Crippen MR) is 101 cm³/mol.